The third-order valence-corrected chi connectivity index (χ3v) is 4.89. The first kappa shape index (κ1) is 17.5. The van der Waals surface area contributed by atoms with Crippen molar-refractivity contribution in [1.82, 2.24) is 15.1 Å². The number of rotatable bonds is 5. The van der Waals surface area contributed by atoms with Crippen molar-refractivity contribution in [2.24, 2.45) is 0 Å². The molecule has 0 saturated carbocycles. The predicted octanol–water partition coefficient (Wildman–Crippen LogP) is 3.13. The van der Waals surface area contributed by atoms with Crippen LogP contribution in [0, 0.1) is 13.8 Å². The molecule has 1 aromatic carbocycles. The predicted molar refractivity (Wildman–Crippen MR) is 98.0 cm³/mol. The van der Waals surface area contributed by atoms with Gasteiger partial charge < -0.3 is 10.1 Å². The van der Waals surface area contributed by atoms with Crippen molar-refractivity contribution in [2.75, 3.05) is 6.61 Å². The first-order chi connectivity index (χ1) is 11.9. The lowest BCUT2D eigenvalue weighted by Gasteiger charge is -2.25. The Morgan fingerprint density at radius 2 is 2.16 bits per heavy atom. The molecule has 0 unspecified atom stereocenters. The van der Waals surface area contributed by atoms with Crippen molar-refractivity contribution in [2.45, 2.75) is 59.0 Å². The summed E-state index contributed by atoms with van der Waals surface area (Å²) in [5.41, 5.74) is 4.95. The van der Waals surface area contributed by atoms with Gasteiger partial charge in [0.1, 0.15) is 5.75 Å². The quantitative estimate of drug-likeness (QED) is 0.909. The number of ether oxygens (including phenoxy) is 1. The van der Waals surface area contributed by atoms with E-state index in [1.165, 1.54) is 22.4 Å². The Kier molecular flexibility index (Phi) is 5.11. The van der Waals surface area contributed by atoms with Crippen LogP contribution in [0.4, 0.5) is 0 Å². The minimum Gasteiger partial charge on any atom is -0.484 e. The Bertz CT molecular complexity index is 764. The van der Waals surface area contributed by atoms with Gasteiger partial charge >= 0.3 is 0 Å². The van der Waals surface area contributed by atoms with Gasteiger partial charge in [0.05, 0.1) is 6.20 Å². The molecular formula is C20H27N3O2. The zero-order valence-electron chi connectivity index (χ0n) is 15.5. The maximum Gasteiger partial charge on any atom is 0.258 e. The molecule has 1 aromatic heterocycles. The van der Waals surface area contributed by atoms with Gasteiger partial charge in [-0.1, -0.05) is 6.07 Å². The zero-order chi connectivity index (χ0) is 18.0. The number of hydrogen-bond acceptors (Lipinski definition) is 3. The summed E-state index contributed by atoms with van der Waals surface area (Å²) in [6.45, 7) is 8.42. The van der Waals surface area contributed by atoms with Gasteiger partial charge in [-0.15, -0.1) is 0 Å². The molecule has 5 heteroatoms. The molecule has 2 aromatic rings. The van der Waals surface area contributed by atoms with E-state index in [4.69, 9.17) is 4.74 Å². The summed E-state index contributed by atoms with van der Waals surface area (Å²) in [6, 6.07) is 6.38. The Balaban J connectivity index is 1.55. The summed E-state index contributed by atoms with van der Waals surface area (Å²) in [5, 5.41) is 7.59. The van der Waals surface area contributed by atoms with E-state index in [-0.39, 0.29) is 18.6 Å². The fourth-order valence-corrected chi connectivity index (χ4v) is 3.31. The SMILES string of the molecule is Cc1ccc(OCC(=O)N[C@H]2CCc3cnn(C(C)C)c3C2)cc1C. The number of benzene rings is 1. The van der Waals surface area contributed by atoms with Crippen LogP contribution in [0.2, 0.25) is 0 Å². The molecule has 1 amide bonds. The molecule has 25 heavy (non-hydrogen) atoms. The first-order valence-corrected chi connectivity index (χ1v) is 8.98. The summed E-state index contributed by atoms with van der Waals surface area (Å²) >= 11 is 0. The standard InChI is InChI=1S/C20H27N3O2/c1-13(2)23-19-10-17(7-6-16(19)11-21-23)22-20(24)12-25-18-8-5-14(3)15(4)9-18/h5,8-9,11,13,17H,6-7,10,12H2,1-4H3,(H,22,24)/t17-/m0/s1. The fraction of sp³-hybridized carbons (Fsp3) is 0.500. The van der Waals surface area contributed by atoms with Crippen LogP contribution >= 0.6 is 0 Å². The largest absolute Gasteiger partial charge is 0.484 e. The number of amides is 1. The van der Waals surface area contributed by atoms with Crippen molar-refractivity contribution in [3.63, 3.8) is 0 Å². The van der Waals surface area contributed by atoms with Gasteiger partial charge in [0.15, 0.2) is 6.61 Å². The second kappa shape index (κ2) is 7.30. The fourth-order valence-electron chi connectivity index (χ4n) is 3.31. The van der Waals surface area contributed by atoms with Crippen LogP contribution in [-0.4, -0.2) is 28.3 Å². The van der Waals surface area contributed by atoms with Crippen molar-refractivity contribution >= 4 is 5.91 Å². The summed E-state index contributed by atoms with van der Waals surface area (Å²) < 4.78 is 7.70. The van der Waals surface area contributed by atoms with Crippen LogP contribution in [-0.2, 0) is 17.6 Å². The second-order valence-electron chi connectivity index (χ2n) is 7.20. The second-order valence-corrected chi connectivity index (χ2v) is 7.20. The molecule has 3 rings (SSSR count). The van der Waals surface area contributed by atoms with Crippen LogP contribution in [0.3, 0.4) is 0 Å². The van der Waals surface area contributed by atoms with Crippen molar-refractivity contribution in [3.05, 3.63) is 46.8 Å². The normalized spacial score (nSPS) is 16.6. The lowest BCUT2D eigenvalue weighted by atomic mass is 9.93. The molecule has 0 saturated heterocycles. The molecule has 134 valence electrons. The maximum atomic E-state index is 12.2. The number of hydrogen-bond donors (Lipinski definition) is 1. The molecule has 1 atom stereocenters. The number of fused-ring (bicyclic) bond motifs is 1. The Morgan fingerprint density at radius 3 is 2.88 bits per heavy atom. The van der Waals surface area contributed by atoms with Crippen LogP contribution in [0.15, 0.2) is 24.4 Å². The monoisotopic (exact) mass is 341 g/mol. The zero-order valence-corrected chi connectivity index (χ0v) is 15.5. The molecule has 0 bridgehead atoms. The average molecular weight is 341 g/mol. The molecule has 1 heterocycles. The smallest absolute Gasteiger partial charge is 0.258 e. The first-order valence-electron chi connectivity index (χ1n) is 8.98. The molecule has 1 aliphatic carbocycles. The molecule has 0 spiro atoms. The Hall–Kier alpha value is -2.30. The average Bonchev–Trinajstić information content (AvgIpc) is 2.99. The maximum absolute atomic E-state index is 12.2. The van der Waals surface area contributed by atoms with Gasteiger partial charge in [-0.25, -0.2) is 0 Å². The Morgan fingerprint density at radius 1 is 1.36 bits per heavy atom. The van der Waals surface area contributed by atoms with Crippen LogP contribution in [0.5, 0.6) is 5.75 Å². The third-order valence-electron chi connectivity index (χ3n) is 4.89. The minimum absolute atomic E-state index is 0.0509. The number of aryl methyl sites for hydroxylation is 3. The number of aromatic nitrogens is 2. The highest BCUT2D eigenvalue weighted by molar-refractivity contribution is 5.77. The van der Waals surface area contributed by atoms with Gasteiger partial charge in [-0.2, -0.15) is 5.10 Å². The lowest BCUT2D eigenvalue weighted by Crippen LogP contribution is -2.41. The van der Waals surface area contributed by atoms with E-state index in [1.807, 2.05) is 31.3 Å². The van der Waals surface area contributed by atoms with E-state index in [2.05, 4.69) is 35.9 Å². The molecular weight excluding hydrogens is 314 g/mol. The van der Waals surface area contributed by atoms with Gasteiger partial charge in [0, 0.05) is 24.2 Å². The molecule has 1 aliphatic rings. The van der Waals surface area contributed by atoms with E-state index >= 15 is 0 Å². The van der Waals surface area contributed by atoms with Crippen LogP contribution < -0.4 is 10.1 Å². The molecule has 0 aliphatic heterocycles. The summed E-state index contributed by atoms with van der Waals surface area (Å²) in [7, 11) is 0. The van der Waals surface area contributed by atoms with E-state index < -0.39 is 0 Å². The number of carbonyl (C=O) groups excluding carboxylic acids is 1. The van der Waals surface area contributed by atoms with Gasteiger partial charge in [0.25, 0.3) is 5.91 Å². The van der Waals surface area contributed by atoms with Crippen molar-refractivity contribution in [1.29, 1.82) is 0 Å². The number of nitrogens with one attached hydrogen (secondary N) is 1. The van der Waals surface area contributed by atoms with Crippen LogP contribution in [0.1, 0.15) is 48.7 Å². The van der Waals surface area contributed by atoms with Crippen LogP contribution in [0.25, 0.3) is 0 Å². The minimum atomic E-state index is -0.0673. The summed E-state index contributed by atoms with van der Waals surface area (Å²) in [4.78, 5) is 12.2. The summed E-state index contributed by atoms with van der Waals surface area (Å²) in [6.07, 6.45) is 4.72. The number of carbonyl (C=O) groups is 1. The summed E-state index contributed by atoms with van der Waals surface area (Å²) in [5.74, 6) is 0.671. The highest BCUT2D eigenvalue weighted by atomic mass is 16.5. The van der Waals surface area contributed by atoms with Gasteiger partial charge in [-0.3, -0.25) is 9.48 Å². The highest BCUT2D eigenvalue weighted by Crippen LogP contribution is 2.23. The van der Waals surface area contributed by atoms with E-state index in [1.54, 1.807) is 0 Å². The van der Waals surface area contributed by atoms with Crippen molar-refractivity contribution < 1.29 is 9.53 Å². The van der Waals surface area contributed by atoms with Crippen molar-refractivity contribution in [3.8, 4) is 5.75 Å². The lowest BCUT2D eigenvalue weighted by molar-refractivity contribution is -0.123. The number of nitrogens with zero attached hydrogens (tertiary/aromatic N) is 2. The Labute approximate surface area is 149 Å². The van der Waals surface area contributed by atoms with E-state index in [9.17, 15) is 4.79 Å². The van der Waals surface area contributed by atoms with E-state index in [0.717, 1.165) is 25.0 Å². The third kappa shape index (κ3) is 4.03. The highest BCUT2D eigenvalue weighted by Gasteiger charge is 2.24. The molecule has 0 radical (unpaired) electrons. The molecule has 5 nitrogen and oxygen atoms in total. The molecule has 0 fully saturated rings. The topological polar surface area (TPSA) is 56.1 Å². The molecule has 1 N–H and O–H groups in total. The van der Waals surface area contributed by atoms with Gasteiger partial charge in [-0.05, 0) is 69.4 Å². The van der Waals surface area contributed by atoms with Gasteiger partial charge in [0.2, 0.25) is 0 Å². The van der Waals surface area contributed by atoms with E-state index in [0.29, 0.717) is 6.04 Å².